The standard InChI is InChI=1S/C15H10F4O2/c16-13-11(7-4-8-12(13)15(17,18)19)14(20)21-9-10-5-2-1-3-6-10/h1-8H,9H2. The van der Waals surface area contributed by atoms with E-state index in [0.29, 0.717) is 11.6 Å². The summed E-state index contributed by atoms with van der Waals surface area (Å²) in [5.74, 6) is -2.76. The number of alkyl halides is 3. The lowest BCUT2D eigenvalue weighted by atomic mass is 10.1. The van der Waals surface area contributed by atoms with Gasteiger partial charge in [-0.1, -0.05) is 36.4 Å². The van der Waals surface area contributed by atoms with Gasteiger partial charge in [0.05, 0.1) is 11.1 Å². The highest BCUT2D eigenvalue weighted by atomic mass is 19.4. The number of hydrogen-bond acceptors (Lipinski definition) is 2. The first-order chi connectivity index (χ1) is 9.89. The Morgan fingerprint density at radius 3 is 2.29 bits per heavy atom. The van der Waals surface area contributed by atoms with Crippen molar-refractivity contribution in [1.29, 1.82) is 0 Å². The van der Waals surface area contributed by atoms with Crippen LogP contribution in [0.5, 0.6) is 0 Å². The maximum Gasteiger partial charge on any atom is 0.419 e. The van der Waals surface area contributed by atoms with E-state index in [2.05, 4.69) is 0 Å². The van der Waals surface area contributed by atoms with Crippen molar-refractivity contribution in [3.8, 4) is 0 Å². The molecule has 0 saturated carbocycles. The topological polar surface area (TPSA) is 26.3 Å². The van der Waals surface area contributed by atoms with Crippen LogP contribution in [0.3, 0.4) is 0 Å². The Bertz CT molecular complexity index is 636. The Balaban J connectivity index is 2.17. The molecule has 2 nitrogen and oxygen atoms in total. The molecule has 0 spiro atoms. The van der Waals surface area contributed by atoms with Gasteiger partial charge in [-0.2, -0.15) is 13.2 Å². The average Bonchev–Trinajstić information content (AvgIpc) is 2.45. The predicted molar refractivity (Wildman–Crippen MR) is 67.0 cm³/mol. The van der Waals surface area contributed by atoms with Crippen LogP contribution in [0.15, 0.2) is 48.5 Å². The molecule has 110 valence electrons. The molecular formula is C15H10F4O2. The lowest BCUT2D eigenvalue weighted by Crippen LogP contribution is -2.14. The second kappa shape index (κ2) is 5.95. The van der Waals surface area contributed by atoms with E-state index in [1.165, 1.54) is 0 Å². The highest BCUT2D eigenvalue weighted by molar-refractivity contribution is 5.90. The molecule has 0 aromatic heterocycles. The van der Waals surface area contributed by atoms with Crippen molar-refractivity contribution in [2.24, 2.45) is 0 Å². The second-order valence-electron chi connectivity index (χ2n) is 4.23. The number of halogens is 4. The van der Waals surface area contributed by atoms with E-state index in [0.717, 1.165) is 12.1 Å². The minimum atomic E-state index is -4.86. The molecule has 0 aliphatic rings. The third-order valence-corrected chi connectivity index (χ3v) is 2.74. The van der Waals surface area contributed by atoms with Crippen LogP contribution >= 0.6 is 0 Å². The Morgan fingerprint density at radius 2 is 1.67 bits per heavy atom. The Kier molecular flexibility index (Phi) is 4.26. The first-order valence-electron chi connectivity index (χ1n) is 5.96. The monoisotopic (exact) mass is 298 g/mol. The number of carbonyl (C=O) groups is 1. The Morgan fingerprint density at radius 1 is 1.00 bits per heavy atom. The highest BCUT2D eigenvalue weighted by Crippen LogP contribution is 2.32. The summed E-state index contributed by atoms with van der Waals surface area (Å²) >= 11 is 0. The quantitative estimate of drug-likeness (QED) is 0.627. The zero-order valence-corrected chi connectivity index (χ0v) is 10.7. The molecule has 0 amide bonds. The third kappa shape index (κ3) is 3.59. The van der Waals surface area contributed by atoms with Crippen molar-refractivity contribution in [3.63, 3.8) is 0 Å². The fourth-order valence-electron chi connectivity index (χ4n) is 1.71. The zero-order valence-electron chi connectivity index (χ0n) is 10.7. The summed E-state index contributed by atoms with van der Waals surface area (Å²) in [5, 5.41) is 0. The normalized spacial score (nSPS) is 11.2. The van der Waals surface area contributed by atoms with Gasteiger partial charge in [0.2, 0.25) is 0 Å². The SMILES string of the molecule is O=C(OCc1ccccc1)c1cccc(C(F)(F)F)c1F. The summed E-state index contributed by atoms with van der Waals surface area (Å²) in [5.41, 5.74) is -1.57. The molecule has 0 N–H and O–H groups in total. The van der Waals surface area contributed by atoms with E-state index < -0.39 is 29.1 Å². The molecule has 2 rings (SSSR count). The molecule has 2 aromatic rings. The fourth-order valence-corrected chi connectivity index (χ4v) is 1.71. The summed E-state index contributed by atoms with van der Waals surface area (Å²) in [6.07, 6.45) is -4.86. The van der Waals surface area contributed by atoms with Gasteiger partial charge < -0.3 is 4.74 Å². The lowest BCUT2D eigenvalue weighted by molar-refractivity contribution is -0.140. The summed E-state index contributed by atoms with van der Waals surface area (Å²) in [4.78, 5) is 11.7. The van der Waals surface area contributed by atoms with Crippen molar-refractivity contribution in [2.75, 3.05) is 0 Å². The van der Waals surface area contributed by atoms with Gasteiger partial charge in [-0.25, -0.2) is 9.18 Å². The van der Waals surface area contributed by atoms with Gasteiger partial charge in [0.1, 0.15) is 12.4 Å². The molecule has 2 aromatic carbocycles. The molecule has 0 bridgehead atoms. The van der Waals surface area contributed by atoms with E-state index in [1.54, 1.807) is 30.3 Å². The van der Waals surface area contributed by atoms with E-state index >= 15 is 0 Å². The highest BCUT2D eigenvalue weighted by Gasteiger charge is 2.35. The van der Waals surface area contributed by atoms with E-state index in [-0.39, 0.29) is 6.61 Å². The van der Waals surface area contributed by atoms with Crippen LogP contribution in [0.25, 0.3) is 0 Å². The molecule has 21 heavy (non-hydrogen) atoms. The fraction of sp³-hybridized carbons (Fsp3) is 0.133. The number of ether oxygens (including phenoxy) is 1. The van der Waals surface area contributed by atoms with Crippen LogP contribution in [0.1, 0.15) is 21.5 Å². The summed E-state index contributed by atoms with van der Waals surface area (Å²) in [6, 6.07) is 11.0. The van der Waals surface area contributed by atoms with Crippen LogP contribution in [0.2, 0.25) is 0 Å². The van der Waals surface area contributed by atoms with E-state index in [4.69, 9.17) is 4.74 Å². The third-order valence-electron chi connectivity index (χ3n) is 2.74. The molecule has 6 heteroatoms. The molecule has 0 aliphatic heterocycles. The van der Waals surface area contributed by atoms with Gasteiger partial charge in [-0.3, -0.25) is 0 Å². The summed E-state index contributed by atoms with van der Waals surface area (Å²) < 4.78 is 56.2. The van der Waals surface area contributed by atoms with Gasteiger partial charge in [-0.05, 0) is 17.7 Å². The Hall–Kier alpha value is -2.37. The zero-order chi connectivity index (χ0) is 15.5. The molecular weight excluding hydrogens is 288 g/mol. The number of rotatable bonds is 3. The first-order valence-corrected chi connectivity index (χ1v) is 5.96. The van der Waals surface area contributed by atoms with Crippen LogP contribution in [0.4, 0.5) is 17.6 Å². The first kappa shape index (κ1) is 15.0. The second-order valence-corrected chi connectivity index (χ2v) is 4.23. The van der Waals surface area contributed by atoms with Crippen LogP contribution in [-0.4, -0.2) is 5.97 Å². The molecule has 0 radical (unpaired) electrons. The average molecular weight is 298 g/mol. The Labute approximate surface area is 118 Å². The number of esters is 1. The number of carbonyl (C=O) groups excluding carboxylic acids is 1. The minimum absolute atomic E-state index is 0.143. The van der Waals surface area contributed by atoms with E-state index in [1.807, 2.05) is 0 Å². The maximum absolute atomic E-state index is 13.7. The molecule has 0 atom stereocenters. The number of benzene rings is 2. The summed E-state index contributed by atoms with van der Waals surface area (Å²) in [7, 11) is 0. The minimum Gasteiger partial charge on any atom is -0.457 e. The van der Waals surface area contributed by atoms with Gasteiger partial charge in [-0.15, -0.1) is 0 Å². The summed E-state index contributed by atoms with van der Waals surface area (Å²) in [6.45, 7) is -0.143. The molecule has 0 aliphatic carbocycles. The molecule has 0 saturated heterocycles. The molecule has 0 heterocycles. The van der Waals surface area contributed by atoms with E-state index in [9.17, 15) is 22.4 Å². The van der Waals surface area contributed by atoms with Crippen LogP contribution in [0, 0.1) is 5.82 Å². The van der Waals surface area contributed by atoms with Gasteiger partial charge in [0.25, 0.3) is 0 Å². The smallest absolute Gasteiger partial charge is 0.419 e. The van der Waals surface area contributed by atoms with Gasteiger partial charge in [0.15, 0.2) is 0 Å². The van der Waals surface area contributed by atoms with Crippen molar-refractivity contribution in [1.82, 2.24) is 0 Å². The van der Waals surface area contributed by atoms with Crippen molar-refractivity contribution < 1.29 is 27.1 Å². The number of hydrogen-bond donors (Lipinski definition) is 0. The van der Waals surface area contributed by atoms with Gasteiger partial charge in [0, 0.05) is 0 Å². The van der Waals surface area contributed by atoms with Crippen LogP contribution < -0.4 is 0 Å². The predicted octanol–water partition coefficient (Wildman–Crippen LogP) is 4.20. The maximum atomic E-state index is 13.7. The molecule has 0 unspecified atom stereocenters. The largest absolute Gasteiger partial charge is 0.457 e. The van der Waals surface area contributed by atoms with Crippen molar-refractivity contribution >= 4 is 5.97 Å². The van der Waals surface area contributed by atoms with Crippen molar-refractivity contribution in [2.45, 2.75) is 12.8 Å². The van der Waals surface area contributed by atoms with Crippen LogP contribution in [-0.2, 0) is 17.5 Å². The molecule has 0 fully saturated rings. The van der Waals surface area contributed by atoms with Crippen molar-refractivity contribution in [3.05, 3.63) is 71.0 Å². The van der Waals surface area contributed by atoms with Gasteiger partial charge >= 0.3 is 12.1 Å². The lowest BCUT2D eigenvalue weighted by Gasteiger charge is -2.11.